The van der Waals surface area contributed by atoms with Crippen molar-refractivity contribution >= 4 is 16.7 Å². The van der Waals surface area contributed by atoms with Crippen LogP contribution in [-0.2, 0) is 0 Å². The first-order valence-electron chi connectivity index (χ1n) is 10.5. The molecule has 0 fully saturated rings. The summed E-state index contributed by atoms with van der Waals surface area (Å²) in [5, 5.41) is 20.7. The fourth-order valence-electron chi connectivity index (χ4n) is 3.75. The van der Waals surface area contributed by atoms with Crippen LogP contribution in [0, 0.1) is 0 Å². The summed E-state index contributed by atoms with van der Waals surface area (Å²) in [6.45, 7) is 0. The number of carbonyl (C=O) groups excluding carboxylic acids is 1. The van der Waals surface area contributed by atoms with Gasteiger partial charge >= 0.3 is 5.97 Å². The average molecular weight is 432 g/mol. The van der Waals surface area contributed by atoms with Gasteiger partial charge in [0.25, 0.3) is 0 Å². The first kappa shape index (κ1) is 20.3. The molecule has 0 aromatic heterocycles. The van der Waals surface area contributed by atoms with Gasteiger partial charge in [-0.15, -0.1) is 0 Å². The molecule has 0 saturated carbocycles. The summed E-state index contributed by atoms with van der Waals surface area (Å²) in [5.74, 6) is 0.469. The van der Waals surface area contributed by atoms with Gasteiger partial charge in [-0.05, 0) is 81.6 Å². The maximum atomic E-state index is 12.6. The summed E-state index contributed by atoms with van der Waals surface area (Å²) >= 11 is 0. The fourth-order valence-corrected chi connectivity index (χ4v) is 3.75. The smallest absolute Gasteiger partial charge is 0.343 e. The van der Waals surface area contributed by atoms with Crippen molar-refractivity contribution in [3.8, 4) is 39.5 Å². The number of rotatable bonds is 4. The summed E-state index contributed by atoms with van der Waals surface area (Å²) in [7, 11) is 0. The number of ether oxygens (including phenoxy) is 1. The van der Waals surface area contributed by atoms with E-state index >= 15 is 0 Å². The summed E-state index contributed by atoms with van der Waals surface area (Å²) in [6, 6.07) is 32.9. The van der Waals surface area contributed by atoms with Crippen molar-refractivity contribution in [1.82, 2.24) is 0 Å². The first-order chi connectivity index (χ1) is 16.0. The van der Waals surface area contributed by atoms with Gasteiger partial charge in [0.15, 0.2) is 0 Å². The number of hydrogen-bond donors (Lipinski definition) is 2. The Balaban J connectivity index is 1.29. The topological polar surface area (TPSA) is 66.8 Å². The van der Waals surface area contributed by atoms with Crippen molar-refractivity contribution in [2.75, 3.05) is 0 Å². The Morgan fingerprint density at radius 2 is 0.970 bits per heavy atom. The largest absolute Gasteiger partial charge is 0.508 e. The molecule has 5 aromatic rings. The quantitative estimate of drug-likeness (QED) is 0.242. The molecule has 4 heteroatoms. The number of phenolic OH excluding ortho intramolecular Hbond substituents is 2. The molecule has 4 nitrogen and oxygen atoms in total. The Labute approximate surface area is 191 Å². The van der Waals surface area contributed by atoms with E-state index in [4.69, 9.17) is 4.74 Å². The van der Waals surface area contributed by atoms with Gasteiger partial charge in [-0.1, -0.05) is 60.7 Å². The highest BCUT2D eigenvalue weighted by Gasteiger charge is 2.10. The Morgan fingerprint density at radius 3 is 1.58 bits per heavy atom. The zero-order chi connectivity index (χ0) is 22.8. The molecular weight excluding hydrogens is 412 g/mol. The highest BCUT2D eigenvalue weighted by molar-refractivity contribution is 5.96. The summed E-state index contributed by atoms with van der Waals surface area (Å²) in [5.41, 5.74) is 4.61. The third-order valence-electron chi connectivity index (χ3n) is 5.54. The van der Waals surface area contributed by atoms with Crippen LogP contribution in [0.4, 0.5) is 0 Å². The highest BCUT2D eigenvalue weighted by Crippen LogP contribution is 2.28. The number of phenols is 2. The maximum Gasteiger partial charge on any atom is 0.343 e. The van der Waals surface area contributed by atoms with E-state index in [0.29, 0.717) is 11.3 Å². The van der Waals surface area contributed by atoms with E-state index in [9.17, 15) is 15.0 Å². The molecule has 5 aromatic carbocycles. The normalized spacial score (nSPS) is 10.8. The van der Waals surface area contributed by atoms with Crippen LogP contribution in [0.25, 0.3) is 33.0 Å². The molecule has 0 spiro atoms. The van der Waals surface area contributed by atoms with Crippen molar-refractivity contribution in [2.24, 2.45) is 0 Å². The van der Waals surface area contributed by atoms with Gasteiger partial charge in [-0.3, -0.25) is 0 Å². The van der Waals surface area contributed by atoms with Crippen LogP contribution >= 0.6 is 0 Å². The van der Waals surface area contributed by atoms with Crippen LogP contribution in [0.2, 0.25) is 0 Å². The van der Waals surface area contributed by atoms with Crippen LogP contribution in [0.1, 0.15) is 10.4 Å². The lowest BCUT2D eigenvalue weighted by atomic mass is 10.0. The zero-order valence-corrected chi connectivity index (χ0v) is 17.6. The van der Waals surface area contributed by atoms with E-state index in [1.54, 1.807) is 60.7 Å². The highest BCUT2D eigenvalue weighted by atomic mass is 16.5. The predicted molar refractivity (Wildman–Crippen MR) is 130 cm³/mol. The third-order valence-corrected chi connectivity index (χ3v) is 5.54. The van der Waals surface area contributed by atoms with Crippen LogP contribution < -0.4 is 4.74 Å². The molecule has 0 amide bonds. The lowest BCUT2D eigenvalue weighted by Gasteiger charge is -2.08. The number of benzene rings is 5. The molecule has 5 rings (SSSR count). The number of hydrogen-bond acceptors (Lipinski definition) is 4. The van der Waals surface area contributed by atoms with E-state index in [1.807, 2.05) is 48.5 Å². The molecule has 0 heterocycles. The van der Waals surface area contributed by atoms with E-state index in [0.717, 1.165) is 33.0 Å². The van der Waals surface area contributed by atoms with Crippen LogP contribution in [0.15, 0.2) is 109 Å². The monoisotopic (exact) mass is 432 g/mol. The van der Waals surface area contributed by atoms with Gasteiger partial charge in [-0.2, -0.15) is 0 Å². The Kier molecular flexibility index (Phi) is 5.25. The van der Waals surface area contributed by atoms with Gasteiger partial charge in [-0.25, -0.2) is 4.79 Å². The van der Waals surface area contributed by atoms with E-state index in [-0.39, 0.29) is 11.5 Å². The van der Waals surface area contributed by atoms with Crippen molar-refractivity contribution in [3.63, 3.8) is 0 Å². The molecule has 2 N–H and O–H groups in total. The lowest BCUT2D eigenvalue weighted by molar-refractivity contribution is 0.0735. The first-order valence-corrected chi connectivity index (χ1v) is 10.5. The van der Waals surface area contributed by atoms with Gasteiger partial charge in [0.1, 0.15) is 17.2 Å². The number of aromatic hydroxyl groups is 2. The minimum atomic E-state index is -0.434. The van der Waals surface area contributed by atoms with Gasteiger partial charge in [0.05, 0.1) is 5.56 Å². The van der Waals surface area contributed by atoms with Crippen molar-refractivity contribution in [3.05, 3.63) is 115 Å². The maximum absolute atomic E-state index is 12.6. The molecule has 0 saturated heterocycles. The second-order valence-electron chi connectivity index (χ2n) is 7.78. The molecular formula is C29H20O4. The van der Waals surface area contributed by atoms with Crippen molar-refractivity contribution in [2.45, 2.75) is 0 Å². The second kappa shape index (κ2) is 8.52. The van der Waals surface area contributed by atoms with Gasteiger partial charge < -0.3 is 14.9 Å². The third kappa shape index (κ3) is 4.41. The Hall–Kier alpha value is -4.57. The van der Waals surface area contributed by atoms with E-state index in [2.05, 4.69) is 0 Å². The second-order valence-corrected chi connectivity index (χ2v) is 7.78. The average Bonchev–Trinajstić information content (AvgIpc) is 2.85. The van der Waals surface area contributed by atoms with Crippen molar-refractivity contribution in [1.29, 1.82) is 0 Å². The molecule has 0 aliphatic carbocycles. The Bertz CT molecular complexity index is 1430. The lowest BCUT2D eigenvalue weighted by Crippen LogP contribution is -2.08. The number of fused-ring (bicyclic) bond motifs is 1. The van der Waals surface area contributed by atoms with Crippen LogP contribution in [0.3, 0.4) is 0 Å². The van der Waals surface area contributed by atoms with Crippen molar-refractivity contribution < 1.29 is 19.7 Å². The molecule has 0 aliphatic rings. The summed E-state index contributed by atoms with van der Waals surface area (Å²) in [4.78, 5) is 12.6. The number of carbonyl (C=O) groups is 1. The van der Waals surface area contributed by atoms with Gasteiger partial charge in [0.2, 0.25) is 0 Å². The summed E-state index contributed by atoms with van der Waals surface area (Å²) in [6.07, 6.45) is 0. The standard InChI is InChI=1S/C29H20O4/c30-26-12-7-21(8-13-26)19-1-3-20(4-2-19)22-10-15-28(16-11-22)33-29(32)25-6-5-24-18-27(31)14-9-23(24)17-25/h1-18,30-31H. The molecule has 33 heavy (non-hydrogen) atoms. The van der Waals surface area contributed by atoms with E-state index < -0.39 is 5.97 Å². The molecule has 0 atom stereocenters. The molecule has 0 aliphatic heterocycles. The molecule has 0 unspecified atom stereocenters. The fraction of sp³-hybridized carbons (Fsp3) is 0. The Morgan fingerprint density at radius 1 is 0.515 bits per heavy atom. The molecule has 160 valence electrons. The SMILES string of the molecule is O=C(Oc1ccc(-c2ccc(-c3ccc(O)cc3)cc2)cc1)c1ccc2cc(O)ccc2c1. The number of esters is 1. The predicted octanol–water partition coefficient (Wildman–Crippen LogP) is 6.80. The van der Waals surface area contributed by atoms with Gasteiger partial charge in [0, 0.05) is 0 Å². The molecule has 0 bridgehead atoms. The van der Waals surface area contributed by atoms with Crippen LogP contribution in [-0.4, -0.2) is 16.2 Å². The zero-order valence-electron chi connectivity index (χ0n) is 17.6. The van der Waals surface area contributed by atoms with Crippen LogP contribution in [0.5, 0.6) is 17.2 Å². The minimum absolute atomic E-state index is 0.188. The summed E-state index contributed by atoms with van der Waals surface area (Å²) < 4.78 is 5.54. The molecule has 0 radical (unpaired) electrons. The minimum Gasteiger partial charge on any atom is -0.508 e. The van der Waals surface area contributed by atoms with E-state index in [1.165, 1.54) is 0 Å².